The molecule has 2 aromatic rings. The zero-order valence-electron chi connectivity index (χ0n) is 18.7. The Kier molecular flexibility index (Phi) is 6.21. The number of carbonyl (C=O) groups is 3. The number of carbonyl (C=O) groups excluding carboxylic acids is 3. The van der Waals surface area contributed by atoms with Crippen molar-refractivity contribution in [1.82, 2.24) is 14.7 Å². The first-order chi connectivity index (χ1) is 15.5. The van der Waals surface area contributed by atoms with Crippen LogP contribution in [0.4, 0.5) is 5.69 Å². The molecule has 0 bridgehead atoms. The molecule has 0 saturated carbocycles. The van der Waals surface area contributed by atoms with Gasteiger partial charge in [0.25, 0.3) is 11.8 Å². The number of piperidine rings is 1. The number of para-hydroxylation sites is 1. The smallest absolute Gasteiger partial charge is 0.289 e. The lowest BCUT2D eigenvalue weighted by Gasteiger charge is -2.43. The van der Waals surface area contributed by atoms with Gasteiger partial charge in [-0.2, -0.15) is 0 Å². The van der Waals surface area contributed by atoms with Crippen LogP contribution in [0.2, 0.25) is 0 Å². The highest BCUT2D eigenvalue weighted by molar-refractivity contribution is 5.97. The molecule has 4 rings (SSSR count). The molecule has 1 aromatic heterocycles. The molecule has 3 amide bonds. The topological polar surface area (TPSA) is 77.3 Å². The van der Waals surface area contributed by atoms with Crippen LogP contribution in [0.5, 0.6) is 0 Å². The van der Waals surface area contributed by atoms with Crippen molar-refractivity contribution in [3.8, 4) is 0 Å². The van der Waals surface area contributed by atoms with E-state index in [0.29, 0.717) is 51.4 Å². The summed E-state index contributed by atoms with van der Waals surface area (Å²) in [5, 5.41) is 0. The van der Waals surface area contributed by atoms with Gasteiger partial charge in [-0.15, -0.1) is 0 Å². The fourth-order valence-corrected chi connectivity index (χ4v) is 4.80. The van der Waals surface area contributed by atoms with Crippen LogP contribution in [0.3, 0.4) is 0 Å². The summed E-state index contributed by atoms with van der Waals surface area (Å²) in [6, 6.07) is 13.2. The number of likely N-dealkylation sites (N-methyl/N-ethyl adjacent to an activating group) is 1. The normalized spacial score (nSPS) is 17.8. The first-order valence-corrected chi connectivity index (χ1v) is 11.2. The summed E-state index contributed by atoms with van der Waals surface area (Å²) in [6.07, 6.45) is 2.49. The number of rotatable bonds is 6. The lowest BCUT2D eigenvalue weighted by Crippen LogP contribution is -2.57. The molecule has 2 saturated heterocycles. The van der Waals surface area contributed by atoms with E-state index in [9.17, 15) is 14.4 Å². The largest absolute Gasteiger partial charge is 0.459 e. The summed E-state index contributed by atoms with van der Waals surface area (Å²) >= 11 is 0. The van der Waals surface area contributed by atoms with Gasteiger partial charge in [0.15, 0.2) is 5.76 Å². The second-order valence-electron chi connectivity index (χ2n) is 8.28. The SMILES string of the molecule is CCN(CC)C(=O)CN1CN(c2ccccc2)C2(CCN(C(=O)c3ccco3)CC2)C1=O. The van der Waals surface area contributed by atoms with Crippen molar-refractivity contribution in [2.45, 2.75) is 32.2 Å². The van der Waals surface area contributed by atoms with Gasteiger partial charge in [-0.3, -0.25) is 14.4 Å². The Balaban J connectivity index is 1.56. The van der Waals surface area contributed by atoms with Gasteiger partial charge in [-0.05, 0) is 51.0 Å². The first-order valence-electron chi connectivity index (χ1n) is 11.2. The standard InChI is InChI=1S/C24H30N4O4/c1-3-25(4-2)21(29)17-27-18-28(19-9-6-5-7-10-19)24(23(27)31)12-14-26(15-13-24)22(30)20-11-8-16-32-20/h5-11,16H,3-4,12-15,17-18H2,1-2H3. The van der Waals surface area contributed by atoms with Gasteiger partial charge < -0.3 is 24.0 Å². The molecule has 1 spiro atoms. The fraction of sp³-hybridized carbons (Fsp3) is 0.458. The average molecular weight is 439 g/mol. The van der Waals surface area contributed by atoms with Crippen molar-refractivity contribution in [3.05, 3.63) is 54.5 Å². The molecular formula is C24H30N4O4. The Hall–Kier alpha value is -3.29. The molecule has 0 unspecified atom stereocenters. The van der Waals surface area contributed by atoms with Gasteiger partial charge in [0.2, 0.25) is 5.91 Å². The van der Waals surface area contributed by atoms with Gasteiger partial charge in [0.05, 0.1) is 12.9 Å². The Labute approximate surface area is 188 Å². The number of amides is 3. The number of benzene rings is 1. The second-order valence-corrected chi connectivity index (χ2v) is 8.28. The third-order valence-electron chi connectivity index (χ3n) is 6.63. The zero-order valence-corrected chi connectivity index (χ0v) is 18.7. The average Bonchev–Trinajstić information content (AvgIpc) is 3.44. The van der Waals surface area contributed by atoms with Crippen molar-refractivity contribution in [2.75, 3.05) is 44.3 Å². The summed E-state index contributed by atoms with van der Waals surface area (Å²) in [4.78, 5) is 46.4. The van der Waals surface area contributed by atoms with Crippen molar-refractivity contribution >= 4 is 23.4 Å². The predicted molar refractivity (Wildman–Crippen MR) is 120 cm³/mol. The molecule has 3 heterocycles. The molecular weight excluding hydrogens is 408 g/mol. The molecule has 2 aliphatic heterocycles. The monoisotopic (exact) mass is 438 g/mol. The zero-order chi connectivity index (χ0) is 22.7. The number of hydrogen-bond acceptors (Lipinski definition) is 5. The molecule has 1 aromatic carbocycles. The first kappa shape index (κ1) is 21.9. The number of hydrogen-bond donors (Lipinski definition) is 0. The molecule has 170 valence electrons. The van der Waals surface area contributed by atoms with E-state index in [1.54, 1.807) is 26.8 Å². The van der Waals surface area contributed by atoms with E-state index in [2.05, 4.69) is 4.90 Å². The van der Waals surface area contributed by atoms with E-state index in [-0.39, 0.29) is 24.3 Å². The lowest BCUT2D eigenvalue weighted by molar-refractivity contribution is -0.140. The van der Waals surface area contributed by atoms with Crippen LogP contribution < -0.4 is 4.90 Å². The molecule has 0 atom stereocenters. The minimum Gasteiger partial charge on any atom is -0.459 e. The van der Waals surface area contributed by atoms with E-state index >= 15 is 0 Å². The van der Waals surface area contributed by atoms with Crippen molar-refractivity contribution in [2.24, 2.45) is 0 Å². The quantitative estimate of drug-likeness (QED) is 0.692. The van der Waals surface area contributed by atoms with Crippen LogP contribution in [-0.4, -0.2) is 77.4 Å². The lowest BCUT2D eigenvalue weighted by atomic mass is 9.85. The van der Waals surface area contributed by atoms with Crippen LogP contribution in [0.25, 0.3) is 0 Å². The van der Waals surface area contributed by atoms with Gasteiger partial charge in [0, 0.05) is 31.9 Å². The van der Waals surface area contributed by atoms with Crippen LogP contribution in [0, 0.1) is 0 Å². The molecule has 2 fully saturated rings. The molecule has 0 radical (unpaired) electrons. The molecule has 32 heavy (non-hydrogen) atoms. The summed E-state index contributed by atoms with van der Waals surface area (Å²) in [5.41, 5.74) is 0.189. The highest BCUT2D eigenvalue weighted by atomic mass is 16.3. The maximum absolute atomic E-state index is 13.7. The minimum atomic E-state index is -0.759. The van der Waals surface area contributed by atoms with Crippen molar-refractivity contribution in [3.63, 3.8) is 0 Å². The summed E-state index contributed by atoms with van der Waals surface area (Å²) in [7, 11) is 0. The summed E-state index contributed by atoms with van der Waals surface area (Å²) in [5.74, 6) is 0.0750. The maximum Gasteiger partial charge on any atom is 0.289 e. The van der Waals surface area contributed by atoms with Crippen molar-refractivity contribution in [1.29, 1.82) is 0 Å². The Morgan fingerprint density at radius 3 is 2.31 bits per heavy atom. The minimum absolute atomic E-state index is 0.0352. The maximum atomic E-state index is 13.7. The number of likely N-dealkylation sites (tertiary alicyclic amines) is 1. The summed E-state index contributed by atoms with van der Waals surface area (Å²) < 4.78 is 5.26. The van der Waals surface area contributed by atoms with Crippen LogP contribution >= 0.6 is 0 Å². The number of nitrogens with zero attached hydrogens (tertiary/aromatic N) is 4. The number of anilines is 1. The van der Waals surface area contributed by atoms with Crippen molar-refractivity contribution < 1.29 is 18.8 Å². The Morgan fingerprint density at radius 1 is 1.03 bits per heavy atom. The highest BCUT2D eigenvalue weighted by Gasteiger charge is 2.54. The fourth-order valence-electron chi connectivity index (χ4n) is 4.80. The third kappa shape index (κ3) is 3.85. The van der Waals surface area contributed by atoms with E-state index in [1.807, 2.05) is 44.2 Å². The van der Waals surface area contributed by atoms with Gasteiger partial charge in [-0.1, -0.05) is 18.2 Å². The predicted octanol–water partition coefficient (Wildman–Crippen LogP) is 2.43. The number of furan rings is 1. The molecule has 8 nitrogen and oxygen atoms in total. The molecule has 2 aliphatic rings. The van der Waals surface area contributed by atoms with E-state index in [1.165, 1.54) is 6.26 Å². The van der Waals surface area contributed by atoms with E-state index < -0.39 is 5.54 Å². The van der Waals surface area contributed by atoms with Crippen LogP contribution in [0.1, 0.15) is 37.2 Å². The van der Waals surface area contributed by atoms with Crippen LogP contribution in [-0.2, 0) is 9.59 Å². The highest BCUT2D eigenvalue weighted by Crippen LogP contribution is 2.39. The summed E-state index contributed by atoms with van der Waals surface area (Å²) in [6.45, 7) is 6.46. The van der Waals surface area contributed by atoms with E-state index in [4.69, 9.17) is 4.42 Å². The third-order valence-corrected chi connectivity index (χ3v) is 6.63. The van der Waals surface area contributed by atoms with Gasteiger partial charge in [0.1, 0.15) is 12.1 Å². The Morgan fingerprint density at radius 2 is 1.72 bits per heavy atom. The second kappa shape index (κ2) is 9.06. The molecule has 0 N–H and O–H groups in total. The molecule has 8 heteroatoms. The molecule has 0 aliphatic carbocycles. The van der Waals surface area contributed by atoms with Crippen LogP contribution in [0.15, 0.2) is 53.1 Å². The van der Waals surface area contributed by atoms with E-state index in [0.717, 1.165) is 5.69 Å². The van der Waals surface area contributed by atoms with Gasteiger partial charge >= 0.3 is 0 Å². The van der Waals surface area contributed by atoms with Gasteiger partial charge in [-0.25, -0.2) is 0 Å². The Bertz CT molecular complexity index is 948.